The van der Waals surface area contributed by atoms with E-state index in [2.05, 4.69) is 14.7 Å². The average molecular weight is 902 g/mol. The molecule has 1 aromatic carbocycles. The van der Waals surface area contributed by atoms with E-state index in [1.54, 1.807) is 21.1 Å². The van der Waals surface area contributed by atoms with Gasteiger partial charge in [0, 0.05) is 29.3 Å². The summed E-state index contributed by atoms with van der Waals surface area (Å²) in [5.74, 6) is -1.55. The smallest absolute Gasteiger partial charge is 0.433 e. The van der Waals surface area contributed by atoms with Crippen LogP contribution in [0.2, 0.25) is 0 Å². The third-order valence-electron chi connectivity index (χ3n) is 8.62. The number of quaternary nitrogens is 1. The first-order valence-corrected chi connectivity index (χ1v) is 16.6. The predicted molar refractivity (Wildman–Crippen MR) is 165 cm³/mol. The molecule has 4 N–H and O–H groups in total. The first kappa shape index (κ1) is 43.1. The molecule has 0 amide bonds. The second-order valence-corrected chi connectivity index (χ2v) is 14.4. The summed E-state index contributed by atoms with van der Waals surface area (Å²) in [7, 11) is 5.16. The van der Waals surface area contributed by atoms with Gasteiger partial charge in [-0.3, -0.25) is 0 Å². The number of nitrogens with zero attached hydrogens (tertiary/aromatic N) is 3. The fourth-order valence-corrected chi connectivity index (χ4v) is 6.91. The van der Waals surface area contributed by atoms with Crippen LogP contribution in [0.1, 0.15) is 39.8 Å². The van der Waals surface area contributed by atoms with Crippen molar-refractivity contribution in [3.05, 3.63) is 63.7 Å². The maximum absolute atomic E-state index is 13.7. The van der Waals surface area contributed by atoms with E-state index in [1.807, 2.05) is 0 Å². The topological polar surface area (TPSA) is 144 Å². The molecule has 1 aliphatic carbocycles. The van der Waals surface area contributed by atoms with Gasteiger partial charge in [-0.25, -0.2) is 9.97 Å². The molecule has 3 heterocycles. The summed E-state index contributed by atoms with van der Waals surface area (Å²) >= 11 is -0.0268. The Balaban J connectivity index is 0.00000627. The van der Waals surface area contributed by atoms with Crippen LogP contribution in [0.15, 0.2) is 42.7 Å². The van der Waals surface area contributed by atoms with E-state index < -0.39 is 72.7 Å². The molecule has 11 nitrogen and oxygen atoms in total. The molecule has 296 valence electrons. The van der Waals surface area contributed by atoms with Crippen LogP contribution >= 0.6 is 11.3 Å². The lowest BCUT2D eigenvalue weighted by molar-refractivity contribution is -0.909. The number of rotatable bonds is 13. The van der Waals surface area contributed by atoms with Gasteiger partial charge in [-0.2, -0.15) is 35.1 Å². The minimum atomic E-state index is -6.17. The number of aliphatic hydroxyl groups excluding tert-OH is 3. The van der Waals surface area contributed by atoms with Crippen LogP contribution < -0.4 is 38.2 Å². The van der Waals surface area contributed by atoms with Gasteiger partial charge in [0.2, 0.25) is 5.88 Å². The minimum absolute atomic E-state index is 0. The lowest BCUT2D eigenvalue weighted by Crippen LogP contribution is -3.00. The minimum Gasteiger partial charge on any atom is -1.00 e. The van der Waals surface area contributed by atoms with E-state index >= 15 is 0 Å². The monoisotopic (exact) mass is 901 g/mol. The van der Waals surface area contributed by atoms with E-state index in [-0.39, 0.29) is 80.1 Å². The van der Waals surface area contributed by atoms with Crippen LogP contribution in [-0.4, -0.2) is 118 Å². The van der Waals surface area contributed by atoms with Crippen molar-refractivity contribution in [3.8, 4) is 17.4 Å². The Morgan fingerprint density at radius 3 is 2.11 bits per heavy atom. The van der Waals surface area contributed by atoms with Gasteiger partial charge in [-0.1, -0.05) is 12.1 Å². The number of ether oxygens (including phenoxy) is 4. The first-order valence-electron chi connectivity index (χ1n) is 15.8. The number of hydrogen-bond donors (Lipinski definition) is 4. The van der Waals surface area contributed by atoms with Gasteiger partial charge in [0.25, 0.3) is 6.29 Å². The summed E-state index contributed by atoms with van der Waals surface area (Å²) in [5.41, 5.74) is -4.67. The molecule has 0 spiro atoms. The first-order chi connectivity index (χ1) is 24.1. The number of hydrogen-bond acceptors (Lipinski definition) is 11. The summed E-state index contributed by atoms with van der Waals surface area (Å²) in [5, 5.41) is 39.2. The summed E-state index contributed by atoms with van der Waals surface area (Å²) in [6.07, 6.45) is -14.6. The van der Waals surface area contributed by atoms with E-state index in [0.717, 1.165) is 12.3 Å². The Hall–Kier alpha value is -2.67. The van der Waals surface area contributed by atoms with Crippen molar-refractivity contribution in [2.45, 2.75) is 86.5 Å². The molecule has 1 unspecified atom stereocenters. The number of likely N-dealkylation sites (N-methyl/N-ethyl adjacent to an activating group) is 1. The molecule has 3 aromatic rings. The Morgan fingerprint density at radius 1 is 0.925 bits per heavy atom. The quantitative estimate of drug-likeness (QED) is 0.113. The zero-order chi connectivity index (χ0) is 38.4. The molecule has 2 aromatic heterocycles. The maximum Gasteiger partial charge on any atom is 0.433 e. The van der Waals surface area contributed by atoms with Crippen LogP contribution in [-0.2, 0) is 16.8 Å². The number of alkyl halides is 8. The number of benzene rings is 1. The molecule has 0 radical (unpaired) electrons. The fourth-order valence-electron chi connectivity index (χ4n) is 5.74. The summed E-state index contributed by atoms with van der Waals surface area (Å²) in [6, 6.07) is 5.78. The van der Waals surface area contributed by atoms with Gasteiger partial charge in [-0.15, -0.1) is 11.3 Å². The van der Waals surface area contributed by atoms with Crippen molar-refractivity contribution < 1.29 is 103 Å². The summed E-state index contributed by atoms with van der Waals surface area (Å²) in [4.78, 5) is 7.45. The Kier molecular flexibility index (Phi) is 13.2. The number of thiazole rings is 1. The van der Waals surface area contributed by atoms with E-state index in [4.69, 9.17) is 14.2 Å². The standard InChI is InChI=1S/C32H36F8N3O8S.HI/c1-43(2,3)24-26(46)25(45)21(14-44)49-27(24)51-23-9-4-15(12-41-23)10-18(16-5-8-19(50-29(33)34)20(11-16)48-17-6-7-17)22-13-42-28(52-22)30(47,31(35,36)37)32(38,39)40;/h4-5,8-9,11-13,17-18,21,24-27,29,44-47H,6-7,10,14H2,1-3H3;1H/q+1;/p-1/t18?,21-,24-,25-,26-,27+;/m1./s1. The largest absolute Gasteiger partial charge is 1.00 e. The van der Waals surface area contributed by atoms with Crippen LogP contribution in [0.25, 0.3) is 0 Å². The molecular weight excluding hydrogens is 865 g/mol. The lowest BCUT2D eigenvalue weighted by atomic mass is 9.91. The zero-order valence-electron chi connectivity index (χ0n) is 28.1. The summed E-state index contributed by atoms with van der Waals surface area (Å²) < 4.78 is 131. The normalized spacial score (nSPS) is 23.4. The van der Waals surface area contributed by atoms with Crippen LogP contribution in [0.5, 0.6) is 17.4 Å². The van der Waals surface area contributed by atoms with Crippen LogP contribution in [0.4, 0.5) is 35.1 Å². The fraction of sp³-hybridized carbons (Fsp3) is 0.562. The molecular formula is C32H36F8IN3O8S. The molecule has 1 aliphatic heterocycles. The Morgan fingerprint density at radius 2 is 1.58 bits per heavy atom. The molecule has 1 saturated carbocycles. The highest BCUT2D eigenvalue weighted by Crippen LogP contribution is 2.52. The van der Waals surface area contributed by atoms with Crippen molar-refractivity contribution in [2.75, 3.05) is 27.7 Å². The van der Waals surface area contributed by atoms with Crippen LogP contribution in [0.3, 0.4) is 0 Å². The van der Waals surface area contributed by atoms with Gasteiger partial charge in [-0.05, 0) is 42.5 Å². The Bertz CT molecular complexity index is 1660. The van der Waals surface area contributed by atoms with Gasteiger partial charge in [0.15, 0.2) is 17.5 Å². The molecule has 21 heteroatoms. The molecule has 1 saturated heterocycles. The number of pyridine rings is 1. The van der Waals surface area contributed by atoms with Crippen LogP contribution in [0, 0.1) is 0 Å². The molecule has 2 fully saturated rings. The van der Waals surface area contributed by atoms with Gasteiger partial charge in [0.1, 0.15) is 23.3 Å². The highest BCUT2D eigenvalue weighted by atomic mass is 127. The van der Waals surface area contributed by atoms with Crippen molar-refractivity contribution in [1.29, 1.82) is 0 Å². The van der Waals surface area contributed by atoms with Crippen molar-refractivity contribution in [2.24, 2.45) is 0 Å². The predicted octanol–water partition coefficient (Wildman–Crippen LogP) is 1.26. The lowest BCUT2D eigenvalue weighted by Gasteiger charge is -2.47. The van der Waals surface area contributed by atoms with Crippen molar-refractivity contribution in [3.63, 3.8) is 0 Å². The number of halogens is 9. The molecule has 0 bridgehead atoms. The molecule has 53 heavy (non-hydrogen) atoms. The van der Waals surface area contributed by atoms with Crippen molar-refractivity contribution in [1.82, 2.24) is 9.97 Å². The molecule has 6 atom stereocenters. The van der Waals surface area contributed by atoms with E-state index in [0.29, 0.717) is 18.4 Å². The van der Waals surface area contributed by atoms with Gasteiger partial charge >= 0.3 is 24.6 Å². The number of aromatic nitrogens is 2. The second-order valence-electron chi connectivity index (χ2n) is 13.4. The molecule has 5 rings (SSSR count). The Labute approximate surface area is 318 Å². The average Bonchev–Trinajstić information content (AvgIpc) is 3.72. The van der Waals surface area contributed by atoms with E-state index in [9.17, 15) is 55.5 Å². The third kappa shape index (κ3) is 9.42. The van der Waals surface area contributed by atoms with Gasteiger partial charge in [0.05, 0.1) is 33.9 Å². The SMILES string of the molecule is C[N+](C)(C)[C@H]1[C@H](Oc2ccc(CC(c3ccc(OC(F)F)c(OC4CC4)c3)c3cnc(C(O)(C(F)(F)F)C(F)(F)F)s3)cn2)O[C@H](CO)[C@@H](O)[C@@H]1O.[I-]. The second kappa shape index (κ2) is 16.2. The zero-order valence-corrected chi connectivity index (χ0v) is 31.0. The third-order valence-corrected chi connectivity index (χ3v) is 9.84. The number of aliphatic hydroxyl groups is 4. The van der Waals surface area contributed by atoms with Crippen molar-refractivity contribution >= 4 is 11.3 Å². The van der Waals surface area contributed by atoms with E-state index in [1.165, 1.54) is 30.5 Å². The molecule has 2 aliphatic rings. The van der Waals surface area contributed by atoms with Gasteiger partial charge < -0.3 is 67.8 Å². The highest BCUT2D eigenvalue weighted by molar-refractivity contribution is 7.11. The highest BCUT2D eigenvalue weighted by Gasteiger charge is 2.73. The summed E-state index contributed by atoms with van der Waals surface area (Å²) in [6.45, 7) is -3.85. The maximum atomic E-state index is 13.7.